The van der Waals surface area contributed by atoms with Gasteiger partial charge in [-0.2, -0.15) is 0 Å². The van der Waals surface area contributed by atoms with E-state index in [4.69, 9.17) is 5.73 Å². The molecule has 0 bridgehead atoms. The third-order valence-electron chi connectivity index (χ3n) is 2.89. The maximum absolute atomic E-state index is 12.4. The number of hydrogen-bond acceptors (Lipinski definition) is 4. The van der Waals surface area contributed by atoms with Crippen molar-refractivity contribution in [1.29, 1.82) is 0 Å². The molecule has 0 atom stereocenters. The van der Waals surface area contributed by atoms with Crippen molar-refractivity contribution >= 4 is 23.6 Å². The van der Waals surface area contributed by atoms with E-state index in [2.05, 4.69) is 5.32 Å². The van der Waals surface area contributed by atoms with Crippen LogP contribution < -0.4 is 11.1 Å². The Labute approximate surface area is 116 Å². The number of hydrogen-bond donors (Lipinski definition) is 2. The molecule has 1 aromatic rings. The van der Waals surface area contributed by atoms with Crippen LogP contribution in [0, 0.1) is 0 Å². The van der Waals surface area contributed by atoms with Crippen molar-refractivity contribution in [1.82, 2.24) is 10.2 Å². The molecule has 0 spiro atoms. The quantitative estimate of drug-likeness (QED) is 0.778. The number of amides is 2. The number of nitrogens with two attached hydrogens (primary N) is 1. The molecule has 19 heavy (non-hydrogen) atoms. The first kappa shape index (κ1) is 13.9. The van der Waals surface area contributed by atoms with Crippen molar-refractivity contribution in [3.63, 3.8) is 0 Å². The van der Waals surface area contributed by atoms with Gasteiger partial charge in [-0.05, 0) is 12.1 Å². The Morgan fingerprint density at radius 1 is 1.26 bits per heavy atom. The van der Waals surface area contributed by atoms with Gasteiger partial charge in [0.2, 0.25) is 5.91 Å². The molecular formula is C13H17N3O2S. The van der Waals surface area contributed by atoms with Gasteiger partial charge in [-0.3, -0.25) is 9.59 Å². The number of piperazine rings is 1. The zero-order valence-corrected chi connectivity index (χ0v) is 11.4. The number of carbonyl (C=O) groups excluding carboxylic acids is 2. The number of benzene rings is 1. The van der Waals surface area contributed by atoms with Gasteiger partial charge in [-0.15, -0.1) is 11.8 Å². The molecule has 3 N–H and O–H groups in total. The van der Waals surface area contributed by atoms with Crippen LogP contribution in [0.3, 0.4) is 0 Å². The van der Waals surface area contributed by atoms with Crippen molar-refractivity contribution in [2.24, 2.45) is 5.73 Å². The fourth-order valence-electron chi connectivity index (χ4n) is 1.96. The third kappa shape index (κ3) is 3.71. The van der Waals surface area contributed by atoms with E-state index in [1.165, 1.54) is 11.8 Å². The molecule has 5 nitrogen and oxygen atoms in total. The van der Waals surface area contributed by atoms with Crippen molar-refractivity contribution in [3.8, 4) is 0 Å². The van der Waals surface area contributed by atoms with Crippen molar-refractivity contribution in [3.05, 3.63) is 29.8 Å². The zero-order chi connectivity index (χ0) is 13.7. The minimum absolute atomic E-state index is 0.0223. The van der Waals surface area contributed by atoms with Gasteiger partial charge in [0.05, 0.1) is 11.3 Å². The number of carbonyl (C=O) groups is 2. The predicted molar refractivity (Wildman–Crippen MR) is 75.1 cm³/mol. The summed E-state index contributed by atoms with van der Waals surface area (Å²) in [5, 5.41) is 3.22. The number of nitrogens with zero attached hydrogens (tertiary/aromatic N) is 1. The predicted octanol–water partition coefficient (Wildman–Crippen LogP) is 0.309. The summed E-state index contributed by atoms with van der Waals surface area (Å²) in [6.45, 7) is 3.08. The highest BCUT2D eigenvalue weighted by molar-refractivity contribution is 8.00. The van der Waals surface area contributed by atoms with Crippen LogP contribution in [0.25, 0.3) is 0 Å². The van der Waals surface area contributed by atoms with Crippen LogP contribution in [0.2, 0.25) is 0 Å². The smallest absolute Gasteiger partial charge is 0.255 e. The van der Waals surface area contributed by atoms with E-state index < -0.39 is 0 Å². The van der Waals surface area contributed by atoms with Crippen molar-refractivity contribution in [2.75, 3.05) is 31.9 Å². The Hall–Kier alpha value is -1.53. The Balaban J connectivity index is 2.13. The van der Waals surface area contributed by atoms with E-state index >= 15 is 0 Å². The van der Waals surface area contributed by atoms with Gasteiger partial charge in [0, 0.05) is 31.1 Å². The number of nitrogens with one attached hydrogen (secondary N) is 1. The Bertz CT molecular complexity index is 473. The number of primary amides is 1. The minimum atomic E-state index is -0.380. The third-order valence-corrected chi connectivity index (χ3v) is 3.99. The molecule has 0 aromatic heterocycles. The molecule has 2 rings (SSSR count). The molecule has 0 aliphatic carbocycles. The lowest BCUT2D eigenvalue weighted by molar-refractivity contribution is -0.115. The second-order valence-electron chi connectivity index (χ2n) is 4.29. The summed E-state index contributed by atoms with van der Waals surface area (Å²) in [5.41, 5.74) is 5.79. The van der Waals surface area contributed by atoms with Gasteiger partial charge in [0.25, 0.3) is 5.91 Å². The largest absolute Gasteiger partial charge is 0.369 e. The maximum Gasteiger partial charge on any atom is 0.255 e. The van der Waals surface area contributed by atoms with Crippen LogP contribution in [0.4, 0.5) is 0 Å². The molecule has 1 aliphatic rings. The Morgan fingerprint density at radius 2 is 1.95 bits per heavy atom. The van der Waals surface area contributed by atoms with Gasteiger partial charge in [0.15, 0.2) is 0 Å². The van der Waals surface area contributed by atoms with Crippen molar-refractivity contribution < 1.29 is 9.59 Å². The van der Waals surface area contributed by atoms with E-state index in [0.717, 1.165) is 18.0 Å². The van der Waals surface area contributed by atoms with Gasteiger partial charge in [0.1, 0.15) is 0 Å². The highest BCUT2D eigenvalue weighted by Crippen LogP contribution is 2.23. The summed E-state index contributed by atoms with van der Waals surface area (Å²) in [6.07, 6.45) is 0. The van der Waals surface area contributed by atoms with Crippen LogP contribution >= 0.6 is 11.8 Å². The first-order valence-electron chi connectivity index (χ1n) is 6.18. The average Bonchev–Trinajstić information content (AvgIpc) is 2.45. The second kappa shape index (κ2) is 6.58. The first-order valence-corrected chi connectivity index (χ1v) is 7.17. The summed E-state index contributed by atoms with van der Waals surface area (Å²) in [4.78, 5) is 25.9. The zero-order valence-electron chi connectivity index (χ0n) is 10.6. The molecule has 102 valence electrons. The SMILES string of the molecule is NC(=O)CSc1ccccc1C(=O)N1CCNCC1. The number of thioether (sulfide) groups is 1. The van der Waals surface area contributed by atoms with Gasteiger partial charge in [-0.1, -0.05) is 12.1 Å². The Kier molecular flexibility index (Phi) is 4.81. The van der Waals surface area contributed by atoms with E-state index in [-0.39, 0.29) is 17.6 Å². The van der Waals surface area contributed by atoms with E-state index in [0.29, 0.717) is 18.7 Å². The highest BCUT2D eigenvalue weighted by Gasteiger charge is 2.20. The minimum Gasteiger partial charge on any atom is -0.369 e. The molecule has 0 radical (unpaired) electrons. The molecule has 0 saturated carbocycles. The summed E-state index contributed by atoms with van der Waals surface area (Å²) in [7, 11) is 0. The summed E-state index contributed by atoms with van der Waals surface area (Å²) >= 11 is 1.31. The second-order valence-corrected chi connectivity index (χ2v) is 5.31. The normalized spacial score (nSPS) is 15.3. The monoisotopic (exact) mass is 279 g/mol. The summed E-state index contributed by atoms with van der Waals surface area (Å²) in [6, 6.07) is 7.35. The van der Waals surface area contributed by atoms with E-state index in [1.807, 2.05) is 23.1 Å². The molecular weight excluding hydrogens is 262 g/mol. The van der Waals surface area contributed by atoms with Crippen LogP contribution in [0.15, 0.2) is 29.2 Å². The maximum atomic E-state index is 12.4. The molecule has 1 aliphatic heterocycles. The topological polar surface area (TPSA) is 75.4 Å². The first-order chi connectivity index (χ1) is 9.18. The van der Waals surface area contributed by atoms with Crippen LogP contribution in [-0.2, 0) is 4.79 Å². The standard InChI is InChI=1S/C13H17N3O2S/c14-12(17)9-19-11-4-2-1-3-10(11)13(18)16-7-5-15-6-8-16/h1-4,15H,5-9H2,(H2,14,17). The molecule has 1 aromatic carbocycles. The average molecular weight is 279 g/mol. The van der Waals surface area contributed by atoms with E-state index in [9.17, 15) is 9.59 Å². The molecule has 6 heteroatoms. The van der Waals surface area contributed by atoms with Crippen LogP contribution in [0.5, 0.6) is 0 Å². The van der Waals surface area contributed by atoms with E-state index in [1.54, 1.807) is 6.07 Å². The Morgan fingerprint density at radius 3 is 2.63 bits per heavy atom. The molecule has 2 amide bonds. The van der Waals surface area contributed by atoms with Crippen LogP contribution in [0.1, 0.15) is 10.4 Å². The summed E-state index contributed by atoms with van der Waals surface area (Å²) in [5.74, 6) is -0.172. The van der Waals surface area contributed by atoms with Crippen LogP contribution in [-0.4, -0.2) is 48.6 Å². The fourth-order valence-corrected chi connectivity index (χ4v) is 2.74. The molecule has 0 unspecified atom stereocenters. The lowest BCUT2D eigenvalue weighted by Crippen LogP contribution is -2.46. The van der Waals surface area contributed by atoms with Crippen molar-refractivity contribution in [2.45, 2.75) is 4.90 Å². The lowest BCUT2D eigenvalue weighted by Gasteiger charge is -2.28. The van der Waals surface area contributed by atoms with Gasteiger partial charge < -0.3 is 16.0 Å². The molecule has 1 fully saturated rings. The van der Waals surface area contributed by atoms with Gasteiger partial charge >= 0.3 is 0 Å². The molecule has 1 saturated heterocycles. The lowest BCUT2D eigenvalue weighted by atomic mass is 10.2. The fraction of sp³-hybridized carbons (Fsp3) is 0.385. The summed E-state index contributed by atoms with van der Waals surface area (Å²) < 4.78 is 0. The molecule has 1 heterocycles. The number of rotatable bonds is 4. The highest BCUT2D eigenvalue weighted by atomic mass is 32.2. The van der Waals surface area contributed by atoms with Gasteiger partial charge in [-0.25, -0.2) is 0 Å².